The molecule has 1 aliphatic rings. The van der Waals surface area contributed by atoms with Gasteiger partial charge in [0.25, 0.3) is 0 Å². The standard InChI is InChI=1S/C14H16BrNO2/c1-2-6-18-14-4-3-12(15)8-11(14)9-16-13-5-7-17-10-13/h1,3-4,8,13,16H,5-7,9-10H2. The molecule has 1 aromatic rings. The second-order valence-electron chi connectivity index (χ2n) is 4.19. The van der Waals surface area contributed by atoms with Gasteiger partial charge in [0.2, 0.25) is 0 Å². The highest BCUT2D eigenvalue weighted by atomic mass is 79.9. The zero-order valence-electron chi connectivity index (χ0n) is 10.1. The number of benzene rings is 1. The van der Waals surface area contributed by atoms with Crippen LogP contribution in [-0.4, -0.2) is 25.9 Å². The minimum absolute atomic E-state index is 0.293. The summed E-state index contributed by atoms with van der Waals surface area (Å²) < 4.78 is 11.9. The second-order valence-corrected chi connectivity index (χ2v) is 5.10. The van der Waals surface area contributed by atoms with E-state index in [0.29, 0.717) is 12.6 Å². The SMILES string of the molecule is C#CCOc1ccc(Br)cc1CNC1CCOC1. The third-order valence-electron chi connectivity index (χ3n) is 2.84. The van der Waals surface area contributed by atoms with Crippen molar-refractivity contribution in [2.24, 2.45) is 0 Å². The van der Waals surface area contributed by atoms with Crippen LogP contribution in [0.2, 0.25) is 0 Å². The van der Waals surface area contributed by atoms with Crippen LogP contribution in [-0.2, 0) is 11.3 Å². The lowest BCUT2D eigenvalue weighted by Gasteiger charge is -2.14. The van der Waals surface area contributed by atoms with Gasteiger partial charge >= 0.3 is 0 Å². The largest absolute Gasteiger partial charge is 0.481 e. The molecule has 1 unspecified atom stereocenters. The summed E-state index contributed by atoms with van der Waals surface area (Å²) in [5, 5.41) is 3.46. The molecule has 2 rings (SSSR count). The van der Waals surface area contributed by atoms with E-state index in [-0.39, 0.29) is 0 Å². The van der Waals surface area contributed by atoms with E-state index in [4.69, 9.17) is 15.9 Å². The molecule has 0 spiro atoms. The molecule has 0 aromatic heterocycles. The lowest BCUT2D eigenvalue weighted by atomic mass is 10.2. The number of terminal acetylenes is 1. The minimum atomic E-state index is 0.293. The summed E-state index contributed by atoms with van der Waals surface area (Å²) >= 11 is 3.47. The summed E-state index contributed by atoms with van der Waals surface area (Å²) in [5.41, 5.74) is 1.10. The maximum Gasteiger partial charge on any atom is 0.148 e. The van der Waals surface area contributed by atoms with Crippen molar-refractivity contribution in [1.82, 2.24) is 5.32 Å². The lowest BCUT2D eigenvalue weighted by Crippen LogP contribution is -2.28. The maximum atomic E-state index is 5.53. The first kappa shape index (κ1) is 13.4. The molecule has 1 aliphatic heterocycles. The van der Waals surface area contributed by atoms with E-state index in [9.17, 15) is 0 Å². The van der Waals surface area contributed by atoms with Crippen LogP contribution in [0.5, 0.6) is 5.75 Å². The number of halogens is 1. The molecule has 1 saturated heterocycles. The van der Waals surface area contributed by atoms with Gasteiger partial charge in [-0.1, -0.05) is 21.9 Å². The van der Waals surface area contributed by atoms with Crippen LogP contribution in [0.25, 0.3) is 0 Å². The van der Waals surface area contributed by atoms with Crippen molar-refractivity contribution in [2.75, 3.05) is 19.8 Å². The van der Waals surface area contributed by atoms with Gasteiger partial charge in [0, 0.05) is 29.2 Å². The molecule has 1 N–H and O–H groups in total. The van der Waals surface area contributed by atoms with Crippen molar-refractivity contribution in [1.29, 1.82) is 0 Å². The first-order chi connectivity index (χ1) is 8.79. The molecule has 3 nitrogen and oxygen atoms in total. The Morgan fingerprint density at radius 1 is 1.56 bits per heavy atom. The highest BCUT2D eigenvalue weighted by Gasteiger charge is 2.15. The zero-order valence-corrected chi connectivity index (χ0v) is 11.7. The van der Waals surface area contributed by atoms with Crippen molar-refractivity contribution < 1.29 is 9.47 Å². The average molecular weight is 310 g/mol. The molecule has 18 heavy (non-hydrogen) atoms. The van der Waals surface area contributed by atoms with E-state index in [2.05, 4.69) is 33.2 Å². The molecule has 0 amide bonds. The van der Waals surface area contributed by atoms with E-state index in [1.54, 1.807) is 0 Å². The lowest BCUT2D eigenvalue weighted by molar-refractivity contribution is 0.189. The van der Waals surface area contributed by atoms with Crippen LogP contribution in [0.1, 0.15) is 12.0 Å². The summed E-state index contributed by atoms with van der Waals surface area (Å²) in [6.07, 6.45) is 6.28. The molecule has 1 aromatic carbocycles. The minimum Gasteiger partial charge on any atom is -0.481 e. The second kappa shape index (κ2) is 6.79. The quantitative estimate of drug-likeness (QED) is 0.847. The molecule has 1 heterocycles. The van der Waals surface area contributed by atoms with E-state index < -0.39 is 0 Å². The van der Waals surface area contributed by atoms with Crippen molar-refractivity contribution >= 4 is 15.9 Å². The molecule has 4 heteroatoms. The molecule has 0 saturated carbocycles. The molecular formula is C14H16BrNO2. The van der Waals surface area contributed by atoms with Crippen LogP contribution in [0, 0.1) is 12.3 Å². The number of hydrogen-bond acceptors (Lipinski definition) is 3. The van der Waals surface area contributed by atoms with Gasteiger partial charge in [-0.2, -0.15) is 0 Å². The summed E-state index contributed by atoms with van der Waals surface area (Å²) in [4.78, 5) is 0. The van der Waals surface area contributed by atoms with Gasteiger partial charge in [-0.25, -0.2) is 0 Å². The monoisotopic (exact) mass is 309 g/mol. The van der Waals surface area contributed by atoms with Crippen LogP contribution in [0.4, 0.5) is 0 Å². The van der Waals surface area contributed by atoms with Crippen LogP contribution in [0.3, 0.4) is 0 Å². The molecule has 0 aliphatic carbocycles. The van der Waals surface area contributed by atoms with E-state index in [1.807, 2.05) is 12.1 Å². The first-order valence-electron chi connectivity index (χ1n) is 5.95. The summed E-state index contributed by atoms with van der Waals surface area (Å²) in [6, 6.07) is 6.37. The smallest absolute Gasteiger partial charge is 0.148 e. The van der Waals surface area contributed by atoms with Crippen LogP contribution >= 0.6 is 15.9 Å². The van der Waals surface area contributed by atoms with Gasteiger partial charge in [0.1, 0.15) is 12.4 Å². The zero-order chi connectivity index (χ0) is 12.8. The Labute approximate surface area is 116 Å². The Hall–Kier alpha value is -1.02. The number of rotatable bonds is 5. The normalized spacial score (nSPS) is 18.6. The first-order valence-corrected chi connectivity index (χ1v) is 6.74. The van der Waals surface area contributed by atoms with E-state index >= 15 is 0 Å². The Bertz CT molecular complexity index is 436. The predicted molar refractivity (Wildman–Crippen MR) is 74.5 cm³/mol. The van der Waals surface area contributed by atoms with Crippen molar-refractivity contribution in [3.05, 3.63) is 28.2 Å². The number of hydrogen-bond donors (Lipinski definition) is 1. The van der Waals surface area contributed by atoms with E-state index in [0.717, 1.165) is 42.0 Å². The third kappa shape index (κ3) is 3.74. The topological polar surface area (TPSA) is 30.5 Å². The fourth-order valence-electron chi connectivity index (χ4n) is 1.90. The Morgan fingerprint density at radius 3 is 3.17 bits per heavy atom. The summed E-state index contributed by atoms with van der Waals surface area (Å²) in [5.74, 6) is 3.32. The van der Waals surface area contributed by atoms with Gasteiger partial charge in [-0.05, 0) is 24.6 Å². The number of nitrogens with one attached hydrogen (secondary N) is 1. The van der Waals surface area contributed by atoms with Gasteiger partial charge in [-0.15, -0.1) is 6.42 Å². The summed E-state index contributed by atoms with van der Waals surface area (Å²) in [6.45, 7) is 2.68. The van der Waals surface area contributed by atoms with Gasteiger partial charge in [-0.3, -0.25) is 0 Å². The van der Waals surface area contributed by atoms with Crippen molar-refractivity contribution in [2.45, 2.75) is 19.0 Å². The van der Waals surface area contributed by atoms with Gasteiger partial charge in [0.15, 0.2) is 0 Å². The highest BCUT2D eigenvalue weighted by Crippen LogP contribution is 2.23. The summed E-state index contributed by atoms with van der Waals surface area (Å²) in [7, 11) is 0. The van der Waals surface area contributed by atoms with E-state index in [1.165, 1.54) is 0 Å². The maximum absolute atomic E-state index is 5.53. The molecule has 96 valence electrons. The highest BCUT2D eigenvalue weighted by molar-refractivity contribution is 9.10. The molecule has 1 fully saturated rings. The molecule has 0 radical (unpaired) electrons. The molecule has 1 atom stereocenters. The van der Waals surface area contributed by atoms with Crippen molar-refractivity contribution in [3.8, 4) is 18.1 Å². The fraction of sp³-hybridized carbons (Fsp3) is 0.429. The molecular weight excluding hydrogens is 294 g/mol. The van der Waals surface area contributed by atoms with Crippen LogP contribution < -0.4 is 10.1 Å². The predicted octanol–water partition coefficient (Wildman–Crippen LogP) is 2.34. The Kier molecular flexibility index (Phi) is 5.06. The fourth-order valence-corrected chi connectivity index (χ4v) is 2.30. The van der Waals surface area contributed by atoms with Crippen molar-refractivity contribution in [3.63, 3.8) is 0 Å². The van der Waals surface area contributed by atoms with Gasteiger partial charge < -0.3 is 14.8 Å². The number of ether oxygens (including phenoxy) is 2. The van der Waals surface area contributed by atoms with Gasteiger partial charge in [0.05, 0.1) is 6.61 Å². The third-order valence-corrected chi connectivity index (χ3v) is 3.34. The average Bonchev–Trinajstić information content (AvgIpc) is 2.88. The molecule has 0 bridgehead atoms. The Morgan fingerprint density at radius 2 is 2.44 bits per heavy atom. The van der Waals surface area contributed by atoms with Crippen LogP contribution in [0.15, 0.2) is 22.7 Å². The Balaban J connectivity index is 1.99.